The molecule has 14 heteroatoms. The van der Waals surface area contributed by atoms with Gasteiger partial charge in [0.15, 0.2) is 11.5 Å². The smallest absolute Gasteiger partial charge is 0.265 e. The number of sulfonamides is 1. The zero-order chi connectivity index (χ0) is 37.1. The maximum Gasteiger partial charge on any atom is 0.265 e. The zero-order valence-corrected chi connectivity index (χ0v) is 31.3. The van der Waals surface area contributed by atoms with Crippen molar-refractivity contribution >= 4 is 50.7 Å². The molecule has 4 aromatic rings. The highest BCUT2D eigenvalue weighted by atomic mass is 35.5. The Kier molecular flexibility index (Phi) is 13.8. The van der Waals surface area contributed by atoms with Crippen molar-refractivity contribution in [1.82, 2.24) is 10.2 Å². The fourth-order valence-electron chi connectivity index (χ4n) is 5.38. The lowest BCUT2D eigenvalue weighted by Crippen LogP contribution is -2.53. The molecule has 0 heterocycles. The Balaban J connectivity index is 1.92. The van der Waals surface area contributed by atoms with E-state index >= 15 is 0 Å². The van der Waals surface area contributed by atoms with E-state index in [2.05, 4.69) is 5.32 Å². The van der Waals surface area contributed by atoms with Crippen molar-refractivity contribution < 1.29 is 37.0 Å². The van der Waals surface area contributed by atoms with Gasteiger partial charge in [0.1, 0.15) is 24.1 Å². The monoisotopic (exact) mass is 757 g/mol. The lowest BCUT2D eigenvalue weighted by atomic mass is 10.0. The van der Waals surface area contributed by atoms with Gasteiger partial charge in [0.05, 0.1) is 39.0 Å². The van der Waals surface area contributed by atoms with Crippen LogP contribution in [-0.4, -0.2) is 72.7 Å². The van der Waals surface area contributed by atoms with Crippen LogP contribution in [0.4, 0.5) is 5.69 Å². The van der Waals surface area contributed by atoms with Crippen LogP contribution in [0.1, 0.15) is 24.5 Å². The van der Waals surface area contributed by atoms with E-state index < -0.39 is 34.4 Å². The first-order chi connectivity index (χ1) is 24.5. The molecule has 2 amide bonds. The summed E-state index contributed by atoms with van der Waals surface area (Å²) in [5, 5.41) is 3.46. The number of carbonyl (C=O) groups is 2. The zero-order valence-electron chi connectivity index (χ0n) is 29.0. The van der Waals surface area contributed by atoms with Crippen LogP contribution in [0, 0.1) is 0 Å². The van der Waals surface area contributed by atoms with Gasteiger partial charge in [-0.05, 0) is 48.4 Å². The highest BCUT2D eigenvalue weighted by Gasteiger charge is 2.36. The highest BCUT2D eigenvalue weighted by molar-refractivity contribution is 7.92. The normalized spacial score (nSPS) is 11.7. The molecule has 0 spiro atoms. The van der Waals surface area contributed by atoms with Crippen LogP contribution in [0.5, 0.6) is 23.0 Å². The van der Waals surface area contributed by atoms with Crippen LogP contribution in [0.15, 0.2) is 89.8 Å². The lowest BCUT2D eigenvalue weighted by molar-refractivity contribution is -0.140. The first-order valence-electron chi connectivity index (χ1n) is 16.0. The third-order valence-electron chi connectivity index (χ3n) is 8.09. The van der Waals surface area contributed by atoms with Crippen LogP contribution in [0.3, 0.4) is 0 Å². The summed E-state index contributed by atoms with van der Waals surface area (Å²) < 4.78 is 52.0. The third kappa shape index (κ3) is 9.37. The second-order valence-corrected chi connectivity index (χ2v) is 14.0. The number of ether oxygens (including phenoxy) is 4. The molecular formula is C37H41Cl2N3O8S. The van der Waals surface area contributed by atoms with Gasteiger partial charge in [-0.2, -0.15) is 0 Å². The SMILES string of the molecule is CCCNC(=O)C(Cc1ccccc1)N(Cc1c(Cl)cccc1Cl)C(=O)CN(c1cc(OC)ccc1OC)S(=O)(=O)c1ccc(OC)c(OC)c1. The van der Waals surface area contributed by atoms with Gasteiger partial charge in [-0.25, -0.2) is 8.42 Å². The molecular weight excluding hydrogens is 717 g/mol. The Bertz CT molecular complexity index is 1910. The fraction of sp³-hybridized carbons (Fsp3) is 0.297. The summed E-state index contributed by atoms with van der Waals surface area (Å²) in [6, 6.07) is 21.7. The molecule has 0 aromatic heterocycles. The van der Waals surface area contributed by atoms with Gasteiger partial charge in [-0.1, -0.05) is 66.5 Å². The maximum atomic E-state index is 14.9. The number of nitrogens with one attached hydrogen (secondary N) is 1. The minimum Gasteiger partial charge on any atom is -0.497 e. The topological polar surface area (TPSA) is 124 Å². The fourth-order valence-corrected chi connectivity index (χ4v) is 7.33. The van der Waals surface area contributed by atoms with E-state index in [-0.39, 0.29) is 45.1 Å². The maximum absolute atomic E-state index is 14.9. The van der Waals surface area contributed by atoms with Crippen LogP contribution in [-0.2, 0) is 32.6 Å². The predicted octanol–water partition coefficient (Wildman–Crippen LogP) is 6.39. The second kappa shape index (κ2) is 18.0. The molecule has 0 saturated carbocycles. The quantitative estimate of drug-likeness (QED) is 0.132. The van der Waals surface area contributed by atoms with Gasteiger partial charge in [0.25, 0.3) is 10.0 Å². The minimum absolute atomic E-state index is 0.0192. The van der Waals surface area contributed by atoms with Crippen LogP contribution < -0.4 is 28.6 Å². The van der Waals surface area contributed by atoms with Gasteiger partial charge in [0, 0.05) is 47.3 Å². The van der Waals surface area contributed by atoms with E-state index in [1.807, 2.05) is 37.3 Å². The minimum atomic E-state index is -4.54. The molecule has 0 aliphatic carbocycles. The number of rotatable bonds is 17. The van der Waals surface area contributed by atoms with E-state index in [1.54, 1.807) is 24.3 Å². The highest BCUT2D eigenvalue weighted by Crippen LogP contribution is 2.38. The van der Waals surface area contributed by atoms with Crippen molar-refractivity contribution in [2.45, 2.75) is 37.2 Å². The summed E-state index contributed by atoms with van der Waals surface area (Å²) in [5.41, 5.74) is 1.19. The molecule has 1 N–H and O–H groups in total. The molecule has 4 aromatic carbocycles. The molecule has 1 unspecified atom stereocenters. The Morgan fingerprint density at radius 3 is 2.04 bits per heavy atom. The van der Waals surface area contributed by atoms with Gasteiger partial charge in [0.2, 0.25) is 11.8 Å². The third-order valence-corrected chi connectivity index (χ3v) is 10.6. The van der Waals surface area contributed by atoms with E-state index in [9.17, 15) is 18.0 Å². The van der Waals surface area contributed by atoms with Crippen molar-refractivity contribution in [3.05, 3.63) is 106 Å². The van der Waals surface area contributed by atoms with Crippen molar-refractivity contribution in [3.8, 4) is 23.0 Å². The number of amides is 2. The lowest BCUT2D eigenvalue weighted by Gasteiger charge is -2.34. The van der Waals surface area contributed by atoms with E-state index in [0.29, 0.717) is 30.0 Å². The Morgan fingerprint density at radius 2 is 1.43 bits per heavy atom. The van der Waals surface area contributed by atoms with Gasteiger partial charge >= 0.3 is 0 Å². The number of benzene rings is 4. The molecule has 51 heavy (non-hydrogen) atoms. The van der Waals surface area contributed by atoms with E-state index in [0.717, 1.165) is 9.87 Å². The molecule has 272 valence electrons. The Labute approximate surface area is 309 Å². The molecule has 4 rings (SSSR count). The largest absolute Gasteiger partial charge is 0.497 e. The number of carbonyl (C=O) groups excluding carboxylic acids is 2. The van der Waals surface area contributed by atoms with Crippen LogP contribution in [0.2, 0.25) is 10.0 Å². The van der Waals surface area contributed by atoms with Gasteiger partial charge in [-0.3, -0.25) is 13.9 Å². The molecule has 0 saturated heterocycles. The summed E-state index contributed by atoms with van der Waals surface area (Å²) >= 11 is 13.2. The number of nitrogens with zero attached hydrogens (tertiary/aromatic N) is 2. The summed E-state index contributed by atoms with van der Waals surface area (Å²) in [4.78, 5) is 29.9. The average molecular weight is 759 g/mol. The molecule has 0 fully saturated rings. The van der Waals surface area contributed by atoms with Gasteiger partial charge < -0.3 is 29.2 Å². The van der Waals surface area contributed by atoms with E-state index in [4.69, 9.17) is 42.1 Å². The molecule has 0 radical (unpaired) electrons. The Hall–Kier alpha value is -4.65. The number of halogens is 2. The molecule has 1 atom stereocenters. The van der Waals surface area contributed by atoms with Crippen LogP contribution in [0.25, 0.3) is 0 Å². The molecule has 0 aliphatic heterocycles. The van der Waals surface area contributed by atoms with Crippen LogP contribution >= 0.6 is 23.2 Å². The van der Waals surface area contributed by atoms with E-state index in [1.165, 1.54) is 63.7 Å². The first kappa shape index (κ1) is 39.1. The standard InChI is InChI=1S/C37H41Cl2N3O8S/c1-6-19-40-37(44)32(20-25-11-8-7-9-12-25)41(23-28-29(38)13-10-14-30(28)39)36(43)24-42(31-21-26(47-2)15-17-33(31)48-3)51(45,46)27-16-18-34(49-4)35(22-27)50-5/h7-18,21-22,32H,6,19-20,23-24H2,1-5H3,(H,40,44). The number of anilines is 1. The molecule has 0 aliphatic rings. The summed E-state index contributed by atoms with van der Waals surface area (Å²) in [6.45, 7) is 1.32. The van der Waals surface area contributed by atoms with Crippen molar-refractivity contribution in [1.29, 1.82) is 0 Å². The number of hydrogen-bond acceptors (Lipinski definition) is 8. The van der Waals surface area contributed by atoms with Crippen molar-refractivity contribution in [2.24, 2.45) is 0 Å². The summed E-state index contributed by atoms with van der Waals surface area (Å²) in [5.74, 6) is -0.213. The summed E-state index contributed by atoms with van der Waals surface area (Å²) in [6.07, 6.45) is 0.774. The number of methoxy groups -OCH3 is 4. The van der Waals surface area contributed by atoms with Crippen molar-refractivity contribution in [3.63, 3.8) is 0 Å². The number of hydrogen-bond donors (Lipinski definition) is 1. The molecule has 0 bridgehead atoms. The van der Waals surface area contributed by atoms with Crippen molar-refractivity contribution in [2.75, 3.05) is 45.8 Å². The first-order valence-corrected chi connectivity index (χ1v) is 18.2. The predicted molar refractivity (Wildman–Crippen MR) is 198 cm³/mol. The second-order valence-electron chi connectivity index (χ2n) is 11.3. The van der Waals surface area contributed by atoms with Gasteiger partial charge in [-0.15, -0.1) is 0 Å². The molecule has 11 nitrogen and oxygen atoms in total. The summed E-state index contributed by atoms with van der Waals surface area (Å²) in [7, 11) is 1.09. The average Bonchev–Trinajstić information content (AvgIpc) is 3.14. The Morgan fingerprint density at radius 1 is 0.784 bits per heavy atom.